The maximum Gasteiger partial charge on any atom is 0.237 e. The molecule has 0 radical (unpaired) electrons. The molecule has 0 saturated carbocycles. The molecule has 0 heterocycles. The van der Waals surface area contributed by atoms with Crippen LogP contribution in [0.2, 0.25) is 0 Å². The summed E-state index contributed by atoms with van der Waals surface area (Å²) >= 11 is 1.16. The zero-order valence-electron chi connectivity index (χ0n) is 11.3. The lowest BCUT2D eigenvalue weighted by molar-refractivity contribution is -0.115. The summed E-state index contributed by atoms with van der Waals surface area (Å²) in [6.07, 6.45) is 0. The van der Waals surface area contributed by atoms with Crippen molar-refractivity contribution in [1.29, 1.82) is 5.26 Å². The second-order valence-corrected chi connectivity index (χ2v) is 5.75. The monoisotopic (exact) mass is 300 g/mol. The molecule has 1 amide bonds. The maximum absolute atomic E-state index is 13.6. The zero-order chi connectivity index (χ0) is 15.2. The summed E-state index contributed by atoms with van der Waals surface area (Å²) in [6.45, 7) is 1.71. The Hall–Kier alpha value is -2.32. The minimum atomic E-state index is -0.451. The highest BCUT2D eigenvalue weighted by molar-refractivity contribution is 8.00. The van der Waals surface area contributed by atoms with Gasteiger partial charge in [-0.1, -0.05) is 18.2 Å². The van der Waals surface area contributed by atoms with Crippen molar-refractivity contribution in [3.63, 3.8) is 0 Å². The van der Waals surface area contributed by atoms with E-state index >= 15 is 0 Å². The molecule has 0 fully saturated rings. The van der Waals surface area contributed by atoms with Gasteiger partial charge in [0.2, 0.25) is 5.91 Å². The Labute approximate surface area is 126 Å². The van der Waals surface area contributed by atoms with E-state index in [9.17, 15) is 9.18 Å². The maximum atomic E-state index is 13.6. The van der Waals surface area contributed by atoms with E-state index in [4.69, 9.17) is 5.26 Å². The fourth-order valence-corrected chi connectivity index (χ4v) is 2.58. The van der Waals surface area contributed by atoms with E-state index in [2.05, 4.69) is 5.32 Å². The van der Waals surface area contributed by atoms with E-state index in [-0.39, 0.29) is 11.7 Å². The molecule has 3 nitrogen and oxygen atoms in total. The fourth-order valence-electron chi connectivity index (χ4n) is 1.69. The fraction of sp³-hybridized carbons (Fsp3) is 0.125. The van der Waals surface area contributed by atoms with Crippen molar-refractivity contribution in [2.24, 2.45) is 0 Å². The molecule has 1 N–H and O–H groups in total. The predicted octanol–water partition coefficient (Wildman–Crippen LogP) is 3.82. The Bertz CT molecular complexity index is 697. The summed E-state index contributed by atoms with van der Waals surface area (Å²) in [5, 5.41) is 11.1. The average Bonchev–Trinajstić information content (AvgIpc) is 2.49. The van der Waals surface area contributed by atoms with Crippen molar-refractivity contribution in [3.05, 3.63) is 59.9 Å². The molecule has 0 spiro atoms. The third kappa shape index (κ3) is 4.07. The molecular formula is C16H13FN2OS. The number of carbonyl (C=O) groups excluding carboxylic acids is 1. The lowest BCUT2D eigenvalue weighted by atomic mass is 10.2. The van der Waals surface area contributed by atoms with Gasteiger partial charge in [-0.2, -0.15) is 5.26 Å². The first-order valence-electron chi connectivity index (χ1n) is 6.32. The van der Waals surface area contributed by atoms with Gasteiger partial charge < -0.3 is 5.32 Å². The van der Waals surface area contributed by atoms with Gasteiger partial charge in [0.1, 0.15) is 5.82 Å². The largest absolute Gasteiger partial charge is 0.325 e. The van der Waals surface area contributed by atoms with Crippen molar-refractivity contribution in [2.45, 2.75) is 17.1 Å². The van der Waals surface area contributed by atoms with Gasteiger partial charge in [-0.25, -0.2) is 4.39 Å². The van der Waals surface area contributed by atoms with Crippen LogP contribution >= 0.6 is 11.8 Å². The summed E-state index contributed by atoms with van der Waals surface area (Å²) in [5.74, 6) is -0.577. The number of nitriles is 1. The minimum absolute atomic E-state index is 0.238. The van der Waals surface area contributed by atoms with Crippen LogP contribution in [0, 0.1) is 17.1 Å². The van der Waals surface area contributed by atoms with E-state index in [0.717, 1.165) is 11.8 Å². The van der Waals surface area contributed by atoms with Gasteiger partial charge in [-0.15, -0.1) is 11.8 Å². The second kappa shape index (κ2) is 6.91. The average molecular weight is 300 g/mol. The first-order valence-corrected chi connectivity index (χ1v) is 7.20. The Morgan fingerprint density at radius 1 is 1.29 bits per heavy atom. The van der Waals surface area contributed by atoms with Crippen LogP contribution < -0.4 is 5.32 Å². The standard InChI is InChI=1S/C16H13FN2OS/c1-11(21-15-8-3-2-7-14(15)17)16(20)19-13-6-4-5-12(9-13)10-18/h2-9,11H,1H3,(H,19,20). The molecule has 5 heteroatoms. The summed E-state index contributed by atoms with van der Waals surface area (Å²) in [6, 6.07) is 15.0. The Morgan fingerprint density at radius 3 is 2.76 bits per heavy atom. The number of nitrogens with zero attached hydrogens (tertiary/aromatic N) is 1. The van der Waals surface area contributed by atoms with Crippen LogP contribution in [0.1, 0.15) is 12.5 Å². The van der Waals surface area contributed by atoms with Crippen molar-refractivity contribution < 1.29 is 9.18 Å². The minimum Gasteiger partial charge on any atom is -0.325 e. The summed E-state index contributed by atoms with van der Waals surface area (Å²) in [5.41, 5.74) is 1.03. The third-order valence-electron chi connectivity index (χ3n) is 2.77. The molecule has 0 bridgehead atoms. The Balaban J connectivity index is 2.03. The summed E-state index contributed by atoms with van der Waals surface area (Å²) in [7, 11) is 0. The molecule has 0 aliphatic carbocycles. The normalized spacial score (nSPS) is 11.5. The SMILES string of the molecule is CC(Sc1ccccc1F)C(=O)Nc1cccc(C#N)c1. The molecule has 21 heavy (non-hydrogen) atoms. The summed E-state index contributed by atoms with van der Waals surface area (Å²) < 4.78 is 13.6. The van der Waals surface area contributed by atoms with Crippen molar-refractivity contribution in [3.8, 4) is 6.07 Å². The second-order valence-electron chi connectivity index (χ2n) is 4.37. The summed E-state index contributed by atoms with van der Waals surface area (Å²) in [4.78, 5) is 12.5. The molecule has 1 unspecified atom stereocenters. The number of anilines is 1. The molecule has 2 aromatic rings. The first-order chi connectivity index (χ1) is 10.1. The van der Waals surface area contributed by atoms with Crippen LogP contribution in [0.3, 0.4) is 0 Å². The van der Waals surface area contributed by atoms with E-state index in [1.165, 1.54) is 6.07 Å². The van der Waals surface area contributed by atoms with Crippen LogP contribution in [0.5, 0.6) is 0 Å². The molecule has 0 aliphatic heterocycles. The Kier molecular flexibility index (Phi) is 4.96. The van der Waals surface area contributed by atoms with E-state index < -0.39 is 5.25 Å². The molecular weight excluding hydrogens is 287 g/mol. The number of hydrogen-bond donors (Lipinski definition) is 1. The highest BCUT2D eigenvalue weighted by Crippen LogP contribution is 2.26. The van der Waals surface area contributed by atoms with Gasteiger partial charge in [0.25, 0.3) is 0 Å². The highest BCUT2D eigenvalue weighted by Gasteiger charge is 2.16. The molecule has 2 rings (SSSR count). The highest BCUT2D eigenvalue weighted by atomic mass is 32.2. The molecule has 106 valence electrons. The smallest absolute Gasteiger partial charge is 0.237 e. The van der Waals surface area contributed by atoms with Gasteiger partial charge >= 0.3 is 0 Å². The Morgan fingerprint density at radius 2 is 2.05 bits per heavy atom. The molecule has 0 saturated heterocycles. The number of halogens is 1. The predicted molar refractivity (Wildman–Crippen MR) is 81.5 cm³/mol. The molecule has 0 aromatic heterocycles. The van der Waals surface area contributed by atoms with Crippen molar-refractivity contribution in [2.75, 3.05) is 5.32 Å². The van der Waals surface area contributed by atoms with Crippen LogP contribution in [0.15, 0.2) is 53.4 Å². The number of hydrogen-bond acceptors (Lipinski definition) is 3. The number of rotatable bonds is 4. The van der Waals surface area contributed by atoms with Crippen LogP contribution in [-0.2, 0) is 4.79 Å². The number of benzene rings is 2. The molecule has 1 atom stereocenters. The quantitative estimate of drug-likeness (QED) is 0.873. The van der Waals surface area contributed by atoms with Crippen LogP contribution in [0.4, 0.5) is 10.1 Å². The van der Waals surface area contributed by atoms with Crippen molar-refractivity contribution in [1.82, 2.24) is 0 Å². The van der Waals surface area contributed by atoms with E-state index in [0.29, 0.717) is 16.1 Å². The topological polar surface area (TPSA) is 52.9 Å². The number of carbonyl (C=O) groups is 1. The number of nitrogens with one attached hydrogen (secondary N) is 1. The van der Waals surface area contributed by atoms with Crippen molar-refractivity contribution >= 4 is 23.4 Å². The number of amides is 1. The van der Waals surface area contributed by atoms with Gasteiger partial charge in [0.15, 0.2) is 0 Å². The lowest BCUT2D eigenvalue weighted by Crippen LogP contribution is -2.22. The van der Waals surface area contributed by atoms with Gasteiger partial charge in [0, 0.05) is 10.6 Å². The van der Waals surface area contributed by atoms with Gasteiger partial charge in [-0.05, 0) is 37.3 Å². The molecule has 2 aromatic carbocycles. The van der Waals surface area contributed by atoms with Crippen LogP contribution in [0.25, 0.3) is 0 Å². The zero-order valence-corrected chi connectivity index (χ0v) is 12.2. The van der Waals surface area contributed by atoms with Crippen LogP contribution in [-0.4, -0.2) is 11.2 Å². The van der Waals surface area contributed by atoms with Gasteiger partial charge in [0.05, 0.1) is 16.9 Å². The lowest BCUT2D eigenvalue weighted by Gasteiger charge is -2.12. The molecule has 0 aliphatic rings. The van der Waals surface area contributed by atoms with Gasteiger partial charge in [-0.3, -0.25) is 4.79 Å². The van der Waals surface area contributed by atoms with E-state index in [1.807, 2.05) is 6.07 Å². The number of thioether (sulfide) groups is 1. The first kappa shape index (κ1) is 15.1. The third-order valence-corrected chi connectivity index (χ3v) is 3.92. The van der Waals surface area contributed by atoms with E-state index in [1.54, 1.807) is 49.4 Å².